The van der Waals surface area contributed by atoms with Crippen molar-refractivity contribution in [1.29, 1.82) is 0 Å². The van der Waals surface area contributed by atoms with Gasteiger partial charge in [0.25, 0.3) is 0 Å². The number of alkyl carbamates (subject to hydrolysis) is 1. The fourth-order valence-electron chi connectivity index (χ4n) is 3.97. The lowest BCUT2D eigenvalue weighted by Gasteiger charge is -2.35. The SMILES string of the molecule is CCCCN(C(=O)C(CC(C)C)NC(=O)OC(C)(C)C)C(C(=O)NCCC(=O)OCC)c1cccc(C)c1. The third-order valence-electron chi connectivity index (χ3n) is 5.58. The zero-order valence-corrected chi connectivity index (χ0v) is 24.4. The largest absolute Gasteiger partial charge is 0.466 e. The first-order chi connectivity index (χ1) is 17.8. The van der Waals surface area contributed by atoms with Crippen molar-refractivity contribution in [3.05, 3.63) is 35.4 Å². The van der Waals surface area contributed by atoms with Crippen LogP contribution in [-0.4, -0.2) is 60.1 Å². The minimum atomic E-state index is -0.939. The molecule has 0 fully saturated rings. The summed E-state index contributed by atoms with van der Waals surface area (Å²) in [6, 6.07) is 5.64. The fourth-order valence-corrected chi connectivity index (χ4v) is 3.97. The van der Waals surface area contributed by atoms with Gasteiger partial charge in [-0.05, 0) is 58.9 Å². The molecule has 2 N–H and O–H groups in total. The molecule has 214 valence electrons. The van der Waals surface area contributed by atoms with Crippen LogP contribution in [0.2, 0.25) is 0 Å². The lowest BCUT2D eigenvalue weighted by Crippen LogP contribution is -2.53. The molecule has 1 aromatic rings. The second-order valence-electron chi connectivity index (χ2n) is 10.9. The van der Waals surface area contributed by atoms with Crippen LogP contribution < -0.4 is 10.6 Å². The highest BCUT2D eigenvalue weighted by atomic mass is 16.6. The standard InChI is InChI=1S/C29H47N3O6/c1-9-11-17-32(27(35)23(18-20(3)4)31-28(36)38-29(6,7)8)25(22-14-12-13-21(5)19-22)26(34)30-16-15-24(33)37-10-2/h12-14,19-20,23,25H,9-11,15-18H2,1-8H3,(H,30,34)(H,31,36). The lowest BCUT2D eigenvalue weighted by molar-refractivity contribution is -0.144. The molecule has 0 saturated carbocycles. The molecule has 0 bridgehead atoms. The fraction of sp³-hybridized carbons (Fsp3) is 0.655. The molecule has 0 saturated heterocycles. The van der Waals surface area contributed by atoms with E-state index in [1.807, 2.05) is 52.0 Å². The van der Waals surface area contributed by atoms with Gasteiger partial charge in [0, 0.05) is 13.1 Å². The third kappa shape index (κ3) is 12.0. The van der Waals surface area contributed by atoms with Gasteiger partial charge in [-0.2, -0.15) is 0 Å². The Morgan fingerprint density at radius 3 is 2.32 bits per heavy atom. The summed E-state index contributed by atoms with van der Waals surface area (Å²) in [7, 11) is 0. The molecule has 0 spiro atoms. The van der Waals surface area contributed by atoms with Crippen LogP contribution in [0.15, 0.2) is 24.3 Å². The summed E-state index contributed by atoms with van der Waals surface area (Å²) in [5, 5.41) is 5.55. The van der Waals surface area contributed by atoms with Crippen LogP contribution in [0, 0.1) is 12.8 Å². The van der Waals surface area contributed by atoms with Crippen molar-refractivity contribution in [2.24, 2.45) is 5.92 Å². The molecule has 0 aliphatic rings. The average Bonchev–Trinajstić information content (AvgIpc) is 2.79. The Morgan fingerprint density at radius 2 is 1.76 bits per heavy atom. The lowest BCUT2D eigenvalue weighted by atomic mass is 9.98. The summed E-state index contributed by atoms with van der Waals surface area (Å²) < 4.78 is 10.4. The molecule has 1 rings (SSSR count). The average molecular weight is 534 g/mol. The summed E-state index contributed by atoms with van der Waals surface area (Å²) in [4.78, 5) is 53.6. The quantitative estimate of drug-likeness (QED) is 0.336. The number of hydrogen-bond acceptors (Lipinski definition) is 6. The van der Waals surface area contributed by atoms with Gasteiger partial charge in [0.05, 0.1) is 13.0 Å². The topological polar surface area (TPSA) is 114 Å². The van der Waals surface area contributed by atoms with E-state index in [1.54, 1.807) is 32.6 Å². The highest BCUT2D eigenvalue weighted by molar-refractivity contribution is 5.92. The highest BCUT2D eigenvalue weighted by Crippen LogP contribution is 2.25. The van der Waals surface area contributed by atoms with Crippen LogP contribution >= 0.6 is 0 Å². The van der Waals surface area contributed by atoms with E-state index in [9.17, 15) is 19.2 Å². The van der Waals surface area contributed by atoms with Gasteiger partial charge in [0.15, 0.2) is 0 Å². The molecule has 0 heterocycles. The molecular formula is C29H47N3O6. The molecule has 0 radical (unpaired) electrons. The predicted molar refractivity (Wildman–Crippen MR) is 147 cm³/mol. The zero-order chi connectivity index (χ0) is 28.9. The number of nitrogens with zero attached hydrogens (tertiary/aromatic N) is 1. The maximum atomic E-state index is 14.1. The maximum absolute atomic E-state index is 14.1. The second kappa shape index (κ2) is 16.0. The van der Waals surface area contributed by atoms with E-state index in [0.717, 1.165) is 12.0 Å². The Bertz CT molecular complexity index is 925. The van der Waals surface area contributed by atoms with Crippen LogP contribution in [0.25, 0.3) is 0 Å². The molecule has 9 nitrogen and oxygen atoms in total. The summed E-state index contributed by atoms with van der Waals surface area (Å²) in [5.41, 5.74) is 0.879. The van der Waals surface area contributed by atoms with E-state index >= 15 is 0 Å². The van der Waals surface area contributed by atoms with E-state index in [0.29, 0.717) is 24.9 Å². The molecule has 0 aliphatic carbocycles. The molecule has 0 aromatic heterocycles. The first-order valence-corrected chi connectivity index (χ1v) is 13.6. The third-order valence-corrected chi connectivity index (χ3v) is 5.58. The monoisotopic (exact) mass is 533 g/mol. The number of esters is 1. The Morgan fingerprint density at radius 1 is 1.08 bits per heavy atom. The number of aryl methyl sites for hydroxylation is 1. The van der Waals surface area contributed by atoms with Crippen LogP contribution in [0.1, 0.15) is 91.3 Å². The molecular weight excluding hydrogens is 486 g/mol. The van der Waals surface area contributed by atoms with Gasteiger partial charge in [-0.1, -0.05) is 57.0 Å². The Kier molecular flexibility index (Phi) is 13.9. The van der Waals surface area contributed by atoms with Crippen molar-refractivity contribution in [1.82, 2.24) is 15.5 Å². The summed E-state index contributed by atoms with van der Waals surface area (Å²) in [6.45, 7) is 15.5. The van der Waals surface area contributed by atoms with Gasteiger partial charge in [-0.25, -0.2) is 4.79 Å². The molecule has 0 aliphatic heterocycles. The van der Waals surface area contributed by atoms with Crippen LogP contribution in [0.3, 0.4) is 0 Å². The zero-order valence-electron chi connectivity index (χ0n) is 24.4. The van der Waals surface area contributed by atoms with E-state index < -0.39 is 35.7 Å². The minimum Gasteiger partial charge on any atom is -0.466 e. The minimum absolute atomic E-state index is 0.0270. The summed E-state index contributed by atoms with van der Waals surface area (Å²) >= 11 is 0. The van der Waals surface area contributed by atoms with Crippen molar-refractivity contribution in [3.8, 4) is 0 Å². The smallest absolute Gasteiger partial charge is 0.408 e. The van der Waals surface area contributed by atoms with E-state index in [1.165, 1.54) is 0 Å². The van der Waals surface area contributed by atoms with Crippen LogP contribution in [0.5, 0.6) is 0 Å². The highest BCUT2D eigenvalue weighted by Gasteiger charge is 2.36. The van der Waals surface area contributed by atoms with Crippen LogP contribution in [0.4, 0.5) is 4.79 Å². The number of amides is 3. The van der Waals surface area contributed by atoms with Crippen LogP contribution in [-0.2, 0) is 23.9 Å². The van der Waals surface area contributed by atoms with Crippen molar-refractivity contribution in [3.63, 3.8) is 0 Å². The molecule has 1 aromatic carbocycles. The van der Waals surface area contributed by atoms with Gasteiger partial charge in [-0.3, -0.25) is 14.4 Å². The van der Waals surface area contributed by atoms with Crippen molar-refractivity contribution < 1.29 is 28.7 Å². The summed E-state index contributed by atoms with van der Waals surface area (Å²) in [6.07, 6.45) is 1.21. The van der Waals surface area contributed by atoms with E-state index in [-0.39, 0.29) is 31.4 Å². The Hall–Kier alpha value is -3.10. The summed E-state index contributed by atoms with van der Waals surface area (Å²) in [5.74, 6) is -1.06. The Labute approximate surface area is 228 Å². The number of nitrogens with one attached hydrogen (secondary N) is 2. The number of carbonyl (C=O) groups excluding carboxylic acids is 4. The molecule has 9 heteroatoms. The molecule has 2 unspecified atom stereocenters. The number of ether oxygens (including phenoxy) is 2. The number of hydrogen-bond donors (Lipinski definition) is 2. The van der Waals surface area contributed by atoms with Crippen molar-refractivity contribution in [2.75, 3.05) is 19.7 Å². The first-order valence-electron chi connectivity index (χ1n) is 13.6. The van der Waals surface area contributed by atoms with Gasteiger partial charge in [-0.15, -0.1) is 0 Å². The molecule has 3 amide bonds. The Balaban J connectivity index is 3.39. The van der Waals surface area contributed by atoms with Crippen molar-refractivity contribution >= 4 is 23.9 Å². The van der Waals surface area contributed by atoms with Gasteiger partial charge >= 0.3 is 12.1 Å². The second-order valence-corrected chi connectivity index (χ2v) is 10.9. The predicted octanol–water partition coefficient (Wildman–Crippen LogP) is 4.67. The molecule has 2 atom stereocenters. The van der Waals surface area contributed by atoms with E-state index in [2.05, 4.69) is 10.6 Å². The number of unbranched alkanes of at least 4 members (excludes halogenated alkanes) is 1. The first kappa shape index (κ1) is 32.9. The number of benzene rings is 1. The number of rotatable bonds is 14. The van der Waals surface area contributed by atoms with Gasteiger partial charge < -0.3 is 25.0 Å². The van der Waals surface area contributed by atoms with Gasteiger partial charge in [0.2, 0.25) is 11.8 Å². The maximum Gasteiger partial charge on any atom is 0.408 e. The van der Waals surface area contributed by atoms with E-state index in [4.69, 9.17) is 9.47 Å². The van der Waals surface area contributed by atoms with Gasteiger partial charge in [0.1, 0.15) is 17.7 Å². The molecule has 38 heavy (non-hydrogen) atoms. The number of carbonyl (C=O) groups is 4. The normalized spacial score (nSPS) is 12.9. The van der Waals surface area contributed by atoms with Crippen molar-refractivity contribution in [2.45, 2.75) is 98.8 Å².